The molecule has 0 heterocycles. The number of Topliss-reactive ketones (excluding diaryl/α,β-unsaturated/α-hetero) is 2. The zero-order chi connectivity index (χ0) is 19.2. The first kappa shape index (κ1) is 21.8. The molecule has 0 aromatic heterocycles. The predicted molar refractivity (Wildman–Crippen MR) is 99.3 cm³/mol. The molecule has 0 bridgehead atoms. The second-order valence-electron chi connectivity index (χ2n) is 7.65. The van der Waals surface area contributed by atoms with E-state index in [1.54, 1.807) is 7.05 Å². The minimum absolute atomic E-state index is 0.0291. The summed E-state index contributed by atoms with van der Waals surface area (Å²) in [6.07, 6.45) is 2.29. The van der Waals surface area contributed by atoms with Crippen LogP contribution in [-0.2, 0) is 14.4 Å². The van der Waals surface area contributed by atoms with E-state index >= 15 is 0 Å². The maximum absolute atomic E-state index is 12.9. The molecule has 0 saturated heterocycles. The van der Waals surface area contributed by atoms with Gasteiger partial charge in [0, 0.05) is 19.4 Å². The van der Waals surface area contributed by atoms with Gasteiger partial charge in [-0.05, 0) is 38.1 Å². The van der Waals surface area contributed by atoms with Gasteiger partial charge in [0.15, 0.2) is 11.6 Å². The zero-order valence-electron chi connectivity index (χ0n) is 16.6. The smallest absolute Gasteiger partial charge is 0.216 e. The molecule has 3 unspecified atom stereocenters. The molecule has 144 valence electrons. The van der Waals surface area contributed by atoms with Gasteiger partial charge >= 0.3 is 0 Å². The fourth-order valence-electron chi connectivity index (χ4n) is 3.55. The van der Waals surface area contributed by atoms with E-state index in [4.69, 9.17) is 0 Å². The average Bonchev–Trinajstić information content (AvgIpc) is 3.25. The Morgan fingerprint density at radius 2 is 1.84 bits per heavy atom. The van der Waals surface area contributed by atoms with Gasteiger partial charge in [-0.3, -0.25) is 19.7 Å². The Morgan fingerprint density at radius 1 is 1.20 bits per heavy atom. The summed E-state index contributed by atoms with van der Waals surface area (Å²) < 4.78 is 0. The van der Waals surface area contributed by atoms with Crippen LogP contribution < -0.4 is 16.0 Å². The van der Waals surface area contributed by atoms with Crippen molar-refractivity contribution in [1.29, 1.82) is 0 Å². The maximum Gasteiger partial charge on any atom is 0.216 e. The molecular weight excluding hydrogens is 318 g/mol. The standard InChI is InChI=1S/C19H35N3O3/c1-7-13(4)18(25)19(10-15(19)8-9-21-14(5)23)22-11-16(24)17(20-6)12(2)3/h12-13,15,17,20,22H,7-11H2,1-6H3,(H,21,23)/t13?,15?,17-,19?/m0/s1. The quantitative estimate of drug-likeness (QED) is 0.492. The van der Waals surface area contributed by atoms with Gasteiger partial charge in [0.2, 0.25) is 5.91 Å². The fraction of sp³-hybridized carbons (Fsp3) is 0.842. The zero-order valence-corrected chi connectivity index (χ0v) is 16.6. The molecule has 0 aromatic carbocycles. The second-order valence-corrected chi connectivity index (χ2v) is 7.65. The lowest BCUT2D eigenvalue weighted by Crippen LogP contribution is -2.50. The van der Waals surface area contributed by atoms with Crippen LogP contribution in [0.2, 0.25) is 0 Å². The fourth-order valence-corrected chi connectivity index (χ4v) is 3.55. The largest absolute Gasteiger partial charge is 0.356 e. The van der Waals surface area contributed by atoms with Crippen molar-refractivity contribution >= 4 is 17.5 Å². The van der Waals surface area contributed by atoms with E-state index in [2.05, 4.69) is 16.0 Å². The van der Waals surface area contributed by atoms with Gasteiger partial charge in [0.25, 0.3) is 0 Å². The van der Waals surface area contributed by atoms with Crippen LogP contribution in [0.5, 0.6) is 0 Å². The van der Waals surface area contributed by atoms with Gasteiger partial charge in [-0.1, -0.05) is 27.7 Å². The molecule has 4 atom stereocenters. The molecule has 0 aromatic rings. The Balaban J connectivity index is 2.73. The van der Waals surface area contributed by atoms with Crippen LogP contribution in [0.15, 0.2) is 0 Å². The molecule has 1 amide bonds. The minimum Gasteiger partial charge on any atom is -0.356 e. The lowest BCUT2D eigenvalue weighted by atomic mass is 9.92. The van der Waals surface area contributed by atoms with E-state index in [0.29, 0.717) is 6.54 Å². The van der Waals surface area contributed by atoms with Crippen LogP contribution >= 0.6 is 0 Å². The van der Waals surface area contributed by atoms with E-state index in [9.17, 15) is 14.4 Å². The third-order valence-corrected chi connectivity index (χ3v) is 5.37. The lowest BCUT2D eigenvalue weighted by Gasteiger charge is -2.24. The molecule has 1 rings (SSSR count). The molecular formula is C19H35N3O3. The number of carbonyl (C=O) groups excluding carboxylic acids is 3. The van der Waals surface area contributed by atoms with Crippen molar-refractivity contribution < 1.29 is 14.4 Å². The maximum atomic E-state index is 12.9. The second kappa shape index (κ2) is 9.43. The number of nitrogens with one attached hydrogen (secondary N) is 3. The van der Waals surface area contributed by atoms with Crippen molar-refractivity contribution in [3.8, 4) is 0 Å². The molecule has 6 nitrogen and oxygen atoms in total. The highest BCUT2D eigenvalue weighted by Crippen LogP contribution is 2.48. The van der Waals surface area contributed by atoms with Crippen molar-refractivity contribution in [2.45, 2.75) is 65.5 Å². The number of rotatable bonds is 12. The number of hydrogen-bond acceptors (Lipinski definition) is 5. The molecule has 1 aliphatic rings. The van der Waals surface area contributed by atoms with Crippen molar-refractivity contribution in [2.24, 2.45) is 17.8 Å². The molecule has 1 saturated carbocycles. The van der Waals surface area contributed by atoms with Crippen molar-refractivity contribution in [1.82, 2.24) is 16.0 Å². The number of amides is 1. The van der Waals surface area contributed by atoms with Crippen LogP contribution in [0.1, 0.15) is 53.9 Å². The predicted octanol–water partition coefficient (Wildman–Crippen LogP) is 1.29. The summed E-state index contributed by atoms with van der Waals surface area (Å²) in [6.45, 7) is 10.2. The Labute approximate surface area is 151 Å². The van der Waals surface area contributed by atoms with Gasteiger partial charge in [0.05, 0.1) is 18.1 Å². The van der Waals surface area contributed by atoms with Crippen molar-refractivity contribution in [3.63, 3.8) is 0 Å². The van der Waals surface area contributed by atoms with E-state index in [0.717, 1.165) is 19.3 Å². The third-order valence-electron chi connectivity index (χ3n) is 5.37. The van der Waals surface area contributed by atoms with E-state index in [-0.39, 0.29) is 47.8 Å². The Hall–Kier alpha value is -1.27. The summed E-state index contributed by atoms with van der Waals surface area (Å²) >= 11 is 0. The first-order chi connectivity index (χ1) is 11.7. The van der Waals surface area contributed by atoms with Crippen LogP contribution in [0.25, 0.3) is 0 Å². The topological polar surface area (TPSA) is 87.3 Å². The van der Waals surface area contributed by atoms with Crippen LogP contribution in [0.4, 0.5) is 0 Å². The molecule has 0 aliphatic heterocycles. The van der Waals surface area contributed by atoms with Crippen LogP contribution in [0, 0.1) is 17.8 Å². The minimum atomic E-state index is -0.598. The van der Waals surface area contributed by atoms with E-state index < -0.39 is 5.54 Å². The molecule has 3 N–H and O–H groups in total. The highest BCUT2D eigenvalue weighted by atomic mass is 16.1. The summed E-state index contributed by atoms with van der Waals surface area (Å²) in [7, 11) is 1.79. The summed E-state index contributed by atoms with van der Waals surface area (Å²) in [4.78, 5) is 36.4. The number of ketones is 2. The summed E-state index contributed by atoms with van der Waals surface area (Å²) in [5, 5.41) is 9.14. The van der Waals surface area contributed by atoms with Gasteiger partial charge in [-0.15, -0.1) is 0 Å². The van der Waals surface area contributed by atoms with Crippen LogP contribution in [0.3, 0.4) is 0 Å². The molecule has 1 fully saturated rings. The molecule has 1 aliphatic carbocycles. The third kappa shape index (κ3) is 5.61. The van der Waals surface area contributed by atoms with E-state index in [1.807, 2.05) is 27.7 Å². The van der Waals surface area contributed by atoms with Crippen molar-refractivity contribution in [3.05, 3.63) is 0 Å². The van der Waals surface area contributed by atoms with Gasteiger partial charge in [-0.2, -0.15) is 0 Å². The molecule has 0 radical (unpaired) electrons. The number of carbonyl (C=O) groups is 3. The summed E-state index contributed by atoms with van der Waals surface area (Å²) in [5.74, 6) is 0.577. The SMILES string of the molecule is CCC(C)C(=O)C1(NCC(=O)[C@@H](NC)C(C)C)CC1CCNC(C)=O. The van der Waals surface area contributed by atoms with Crippen molar-refractivity contribution in [2.75, 3.05) is 20.1 Å². The Kier molecular flexibility index (Phi) is 8.22. The number of hydrogen-bond donors (Lipinski definition) is 3. The highest BCUT2D eigenvalue weighted by Gasteiger charge is 2.59. The summed E-state index contributed by atoms with van der Waals surface area (Å²) in [5.41, 5.74) is -0.598. The molecule has 0 spiro atoms. The summed E-state index contributed by atoms with van der Waals surface area (Å²) in [6, 6.07) is -0.208. The lowest BCUT2D eigenvalue weighted by molar-refractivity contribution is -0.126. The van der Waals surface area contributed by atoms with Gasteiger partial charge in [0.1, 0.15) is 0 Å². The number of likely N-dealkylation sites (N-methyl/N-ethyl adjacent to an activating group) is 1. The van der Waals surface area contributed by atoms with Gasteiger partial charge in [-0.25, -0.2) is 0 Å². The normalized spacial score (nSPS) is 24.7. The Bertz CT molecular complexity index is 492. The first-order valence-corrected chi connectivity index (χ1v) is 9.43. The average molecular weight is 354 g/mol. The Morgan fingerprint density at radius 3 is 2.32 bits per heavy atom. The highest BCUT2D eigenvalue weighted by molar-refractivity contribution is 5.95. The van der Waals surface area contributed by atoms with Crippen LogP contribution in [-0.4, -0.2) is 49.2 Å². The van der Waals surface area contributed by atoms with Gasteiger partial charge < -0.3 is 10.6 Å². The molecule has 25 heavy (non-hydrogen) atoms. The van der Waals surface area contributed by atoms with E-state index in [1.165, 1.54) is 6.92 Å². The molecule has 6 heteroatoms. The monoisotopic (exact) mass is 353 g/mol. The first-order valence-electron chi connectivity index (χ1n) is 9.43.